The summed E-state index contributed by atoms with van der Waals surface area (Å²) < 4.78 is 0. The molecule has 12 heteroatoms. The lowest BCUT2D eigenvalue weighted by Crippen LogP contribution is -2.61. The Labute approximate surface area is 248 Å². The molecule has 42 heavy (non-hydrogen) atoms. The van der Waals surface area contributed by atoms with E-state index < -0.39 is 18.0 Å². The van der Waals surface area contributed by atoms with Crippen molar-refractivity contribution in [2.24, 2.45) is 11.7 Å². The van der Waals surface area contributed by atoms with Crippen LogP contribution in [0.5, 0.6) is 0 Å². The SMILES string of the molecule is CN1CC(=O)N(CC(=O)NC(CC2CCCN(C(=N)N)C2)C(=O)c2nccs2)C(Cc2cccc3ccccc23)C1=O. The number of piperazine rings is 1. The second-order valence-electron chi connectivity index (χ2n) is 11.0. The molecule has 3 heterocycles. The second kappa shape index (κ2) is 12.7. The fraction of sp³-hybridized carbons (Fsp3) is 0.400. The van der Waals surface area contributed by atoms with Crippen LogP contribution in [0.4, 0.5) is 0 Å². The summed E-state index contributed by atoms with van der Waals surface area (Å²) in [7, 11) is 1.59. The summed E-state index contributed by atoms with van der Waals surface area (Å²) in [6.07, 6.45) is 3.81. The number of Topliss-reactive ketones (excluding diaryl/α,β-unsaturated/α-hetero) is 1. The Hall–Kier alpha value is -4.32. The van der Waals surface area contributed by atoms with Gasteiger partial charge in [-0.15, -0.1) is 11.3 Å². The highest BCUT2D eigenvalue weighted by atomic mass is 32.1. The molecule has 4 N–H and O–H groups in total. The lowest BCUT2D eigenvalue weighted by atomic mass is 9.90. The minimum Gasteiger partial charge on any atom is -0.370 e. The predicted molar refractivity (Wildman–Crippen MR) is 160 cm³/mol. The number of hydrogen-bond acceptors (Lipinski definition) is 7. The van der Waals surface area contributed by atoms with Gasteiger partial charge in [-0.3, -0.25) is 24.6 Å². The van der Waals surface area contributed by atoms with Crippen molar-refractivity contribution in [3.63, 3.8) is 0 Å². The third-order valence-corrected chi connectivity index (χ3v) is 8.85. The Morgan fingerprint density at radius 3 is 2.74 bits per heavy atom. The number of benzene rings is 2. The number of hydrogen-bond donors (Lipinski definition) is 3. The van der Waals surface area contributed by atoms with E-state index in [1.54, 1.807) is 23.5 Å². The number of likely N-dealkylation sites (N-methyl/N-ethyl adjacent to an activating group) is 1. The maximum atomic E-state index is 13.5. The number of nitrogens with zero attached hydrogens (tertiary/aromatic N) is 4. The van der Waals surface area contributed by atoms with Crippen molar-refractivity contribution in [1.82, 2.24) is 25.0 Å². The Kier molecular flexibility index (Phi) is 8.81. The van der Waals surface area contributed by atoms with Crippen LogP contribution < -0.4 is 11.1 Å². The van der Waals surface area contributed by atoms with Crippen LogP contribution in [-0.2, 0) is 20.8 Å². The monoisotopic (exact) mass is 589 g/mol. The normalized spacial score (nSPS) is 20.1. The lowest BCUT2D eigenvalue weighted by Gasteiger charge is -2.39. The van der Waals surface area contributed by atoms with E-state index in [-0.39, 0.29) is 49.0 Å². The van der Waals surface area contributed by atoms with Crippen LogP contribution in [-0.4, -0.2) is 94.5 Å². The quantitative estimate of drug-likeness (QED) is 0.196. The van der Waals surface area contributed by atoms with Crippen molar-refractivity contribution < 1.29 is 19.2 Å². The van der Waals surface area contributed by atoms with Crippen molar-refractivity contribution in [3.8, 4) is 0 Å². The largest absolute Gasteiger partial charge is 0.370 e. The Bertz CT molecular complexity index is 1490. The first-order chi connectivity index (χ1) is 20.2. The van der Waals surface area contributed by atoms with Gasteiger partial charge < -0.3 is 25.8 Å². The minimum atomic E-state index is -0.865. The molecule has 5 rings (SSSR count). The number of carbonyl (C=O) groups excluding carboxylic acids is 4. The Morgan fingerprint density at radius 2 is 1.98 bits per heavy atom. The molecule has 11 nitrogen and oxygen atoms in total. The van der Waals surface area contributed by atoms with Gasteiger partial charge in [0.25, 0.3) is 0 Å². The molecule has 0 spiro atoms. The zero-order chi connectivity index (χ0) is 29.8. The number of aromatic nitrogens is 1. The van der Waals surface area contributed by atoms with Crippen LogP contribution in [0, 0.1) is 11.3 Å². The molecule has 0 aliphatic carbocycles. The van der Waals surface area contributed by atoms with Crippen molar-refractivity contribution in [2.75, 3.05) is 33.2 Å². The van der Waals surface area contributed by atoms with E-state index in [4.69, 9.17) is 11.1 Å². The van der Waals surface area contributed by atoms with E-state index in [2.05, 4.69) is 10.3 Å². The van der Waals surface area contributed by atoms with Crippen molar-refractivity contribution in [3.05, 3.63) is 64.6 Å². The number of guanidine groups is 1. The predicted octanol–water partition coefficient (Wildman–Crippen LogP) is 1.87. The first-order valence-electron chi connectivity index (χ1n) is 14.0. The first kappa shape index (κ1) is 29.2. The highest BCUT2D eigenvalue weighted by molar-refractivity contribution is 7.11. The van der Waals surface area contributed by atoms with E-state index in [0.717, 1.165) is 29.2 Å². The summed E-state index contributed by atoms with van der Waals surface area (Å²) in [5, 5.41) is 14.7. The van der Waals surface area contributed by atoms with Gasteiger partial charge in [-0.1, -0.05) is 42.5 Å². The number of amides is 3. The molecule has 3 amide bonds. The molecular weight excluding hydrogens is 554 g/mol. The average molecular weight is 590 g/mol. The third-order valence-electron chi connectivity index (χ3n) is 8.06. The average Bonchev–Trinajstić information content (AvgIpc) is 3.52. The number of nitrogens with two attached hydrogens (primary N) is 1. The smallest absolute Gasteiger partial charge is 0.245 e. The Balaban J connectivity index is 1.35. The number of carbonyl (C=O) groups is 4. The third kappa shape index (κ3) is 6.43. The minimum absolute atomic E-state index is 0.0120. The standard InChI is InChI=1S/C30H35N7O4S/c1-35-18-26(39)37(24(29(35)41)15-21-9-4-8-20-7-2-3-10-22(20)21)17-25(38)34-23(27(40)28-33-11-13-42-28)14-19-6-5-12-36(16-19)30(31)32/h2-4,7-11,13,19,23-24H,5-6,12,14-18H2,1H3,(H3,31,32)(H,34,38). The van der Waals surface area contributed by atoms with Crippen molar-refractivity contribution in [2.45, 2.75) is 37.8 Å². The van der Waals surface area contributed by atoms with Gasteiger partial charge in [0.15, 0.2) is 11.0 Å². The van der Waals surface area contributed by atoms with Crippen LogP contribution in [0.2, 0.25) is 0 Å². The molecule has 0 bridgehead atoms. The van der Waals surface area contributed by atoms with Gasteiger partial charge in [-0.2, -0.15) is 0 Å². The molecule has 3 aromatic rings. The maximum absolute atomic E-state index is 13.5. The topological polar surface area (TPSA) is 153 Å². The zero-order valence-electron chi connectivity index (χ0n) is 23.5. The molecule has 3 atom stereocenters. The van der Waals surface area contributed by atoms with Crippen LogP contribution in [0.3, 0.4) is 0 Å². The van der Waals surface area contributed by atoms with E-state index in [9.17, 15) is 19.2 Å². The number of nitrogens with one attached hydrogen (secondary N) is 2. The van der Waals surface area contributed by atoms with E-state index in [1.807, 2.05) is 42.5 Å². The van der Waals surface area contributed by atoms with E-state index >= 15 is 0 Å². The van der Waals surface area contributed by atoms with Gasteiger partial charge in [-0.25, -0.2) is 4.98 Å². The summed E-state index contributed by atoms with van der Waals surface area (Å²) in [6.45, 7) is 0.731. The number of ketones is 1. The molecule has 2 saturated heterocycles. The maximum Gasteiger partial charge on any atom is 0.245 e. The van der Waals surface area contributed by atoms with Gasteiger partial charge in [0.05, 0.1) is 12.6 Å². The molecule has 1 aromatic heterocycles. The van der Waals surface area contributed by atoms with Gasteiger partial charge in [-0.05, 0) is 41.5 Å². The molecule has 0 radical (unpaired) electrons. The molecular formula is C30H35N7O4S. The van der Waals surface area contributed by atoms with Crippen molar-refractivity contribution in [1.29, 1.82) is 5.41 Å². The van der Waals surface area contributed by atoms with Gasteiger partial charge in [0.1, 0.15) is 12.6 Å². The molecule has 2 aromatic carbocycles. The van der Waals surface area contributed by atoms with Crippen LogP contribution in [0.15, 0.2) is 54.0 Å². The van der Waals surface area contributed by atoms with E-state index in [0.29, 0.717) is 24.5 Å². The number of rotatable bonds is 9. The van der Waals surface area contributed by atoms with Gasteiger partial charge >= 0.3 is 0 Å². The molecule has 220 valence electrons. The number of fused-ring (bicyclic) bond motifs is 1. The van der Waals surface area contributed by atoms with Gasteiger partial charge in [0, 0.05) is 38.1 Å². The molecule has 3 unspecified atom stereocenters. The highest BCUT2D eigenvalue weighted by Gasteiger charge is 2.39. The summed E-state index contributed by atoms with van der Waals surface area (Å²) in [5.41, 5.74) is 6.62. The first-order valence-corrected chi connectivity index (χ1v) is 14.9. The Morgan fingerprint density at radius 1 is 1.19 bits per heavy atom. The summed E-state index contributed by atoms with van der Waals surface area (Å²) in [6, 6.07) is 12.0. The van der Waals surface area contributed by atoms with Crippen LogP contribution in [0.25, 0.3) is 10.8 Å². The van der Waals surface area contributed by atoms with Crippen LogP contribution in [0.1, 0.15) is 34.6 Å². The second-order valence-corrected chi connectivity index (χ2v) is 11.9. The van der Waals surface area contributed by atoms with Gasteiger partial charge in [0.2, 0.25) is 23.5 Å². The number of piperidine rings is 1. The summed E-state index contributed by atoms with van der Waals surface area (Å²) >= 11 is 1.20. The van der Waals surface area contributed by atoms with Crippen LogP contribution >= 0.6 is 11.3 Å². The van der Waals surface area contributed by atoms with Crippen molar-refractivity contribution >= 4 is 51.6 Å². The molecule has 2 fully saturated rings. The summed E-state index contributed by atoms with van der Waals surface area (Å²) in [4.78, 5) is 62.1. The molecule has 2 aliphatic rings. The number of likely N-dealkylation sites (tertiary alicyclic amines) is 1. The zero-order valence-corrected chi connectivity index (χ0v) is 24.3. The number of thiazole rings is 1. The lowest BCUT2D eigenvalue weighted by molar-refractivity contribution is -0.155. The molecule has 0 saturated carbocycles. The van der Waals surface area contributed by atoms with E-state index in [1.165, 1.54) is 21.1 Å². The molecule has 2 aliphatic heterocycles. The fourth-order valence-corrected chi connectivity index (χ4v) is 6.57. The summed E-state index contributed by atoms with van der Waals surface area (Å²) in [5.74, 6) is -1.36. The fourth-order valence-electron chi connectivity index (χ4n) is 5.94. The highest BCUT2D eigenvalue weighted by Crippen LogP contribution is 2.25.